The van der Waals surface area contributed by atoms with E-state index in [1.807, 2.05) is 0 Å². The van der Waals surface area contributed by atoms with Gasteiger partial charge in [-0.25, -0.2) is 0 Å². The van der Waals surface area contributed by atoms with Gasteiger partial charge < -0.3 is 23.1 Å². The van der Waals surface area contributed by atoms with Crippen LogP contribution in [-0.2, 0) is 23.1 Å². The number of hydrogen-bond donors (Lipinski definition) is 0. The van der Waals surface area contributed by atoms with Crippen LogP contribution in [0.5, 0.6) is 0 Å². The Kier molecular flexibility index (Phi) is 7.72. The van der Waals surface area contributed by atoms with Crippen molar-refractivity contribution in [2.24, 2.45) is 0 Å². The minimum atomic E-state index is -2.27. The molecule has 1 aliphatic heterocycles. The fraction of sp³-hybridized carbons (Fsp3) is 0.846. The molecule has 6 nitrogen and oxygen atoms in total. The lowest BCUT2D eigenvalue weighted by Gasteiger charge is -2.49. The second kappa shape index (κ2) is 8.54. The van der Waals surface area contributed by atoms with E-state index in [-0.39, 0.29) is 6.10 Å². The Morgan fingerprint density at radius 3 is 2.57 bits per heavy atom. The average Bonchev–Trinajstić information content (AvgIpc) is 2.50. The lowest BCUT2D eigenvalue weighted by Crippen LogP contribution is -2.68. The summed E-state index contributed by atoms with van der Waals surface area (Å²) in [7, 11) is 2.24. The van der Waals surface area contributed by atoms with Gasteiger partial charge in [-0.1, -0.05) is 12.6 Å². The predicted molar refractivity (Wildman–Crippen MR) is 87.2 cm³/mol. The van der Waals surface area contributed by atoms with Gasteiger partial charge in [-0.3, -0.25) is 4.90 Å². The van der Waals surface area contributed by atoms with E-state index in [0.717, 1.165) is 6.17 Å². The molecule has 1 aliphatic rings. The molecule has 2 unspecified atom stereocenters. The van der Waals surface area contributed by atoms with Crippen LogP contribution < -0.4 is 0 Å². The number of ether oxygens (including phenoxy) is 3. The topological polar surface area (TPSA) is 49.4 Å². The number of nitrogens with zero attached hydrogens (tertiary/aromatic N) is 1. The Balaban J connectivity index is 2.85. The molecule has 0 radical (unpaired) electrons. The van der Waals surface area contributed by atoms with Crippen LogP contribution in [0.15, 0.2) is 12.7 Å². The van der Waals surface area contributed by atoms with Crippen LogP contribution in [0, 0.1) is 0 Å². The van der Waals surface area contributed by atoms with Gasteiger partial charge in [-0.15, -0.1) is 6.58 Å². The van der Waals surface area contributed by atoms with Gasteiger partial charge in [0.25, 0.3) is 0 Å². The summed E-state index contributed by atoms with van der Waals surface area (Å²) in [6, 6.07) is 0. The molecule has 2 atom stereocenters. The highest BCUT2D eigenvalue weighted by atomic mass is 28.4. The SMILES string of the molecule is C=CCOCC1CN(C(OC)(OC)[SiH2]C)C[Si](C)(OC)O1. The maximum Gasteiger partial charge on any atom is 0.349 e. The zero-order valence-electron chi connectivity index (χ0n) is 13.9. The van der Waals surface area contributed by atoms with Crippen LogP contribution in [0.4, 0.5) is 0 Å². The molecule has 0 saturated carbocycles. The molecule has 1 heterocycles. The van der Waals surface area contributed by atoms with Crippen LogP contribution in [0.2, 0.25) is 13.1 Å². The molecule has 0 amide bonds. The second-order valence-electron chi connectivity index (χ2n) is 5.26. The standard InChI is InChI=1S/C13H29NO5Si2/c1-7-8-18-10-12-9-14(11-21(6,17-4)19-12)13(15-2,16-3)20-5/h7,12H,1,8-11,20H2,2-6H3. The monoisotopic (exact) mass is 335 g/mol. The summed E-state index contributed by atoms with van der Waals surface area (Å²) in [5, 5.41) is 0. The van der Waals surface area contributed by atoms with Crippen LogP contribution in [0.3, 0.4) is 0 Å². The summed E-state index contributed by atoms with van der Waals surface area (Å²) in [6.45, 7) is 9.65. The van der Waals surface area contributed by atoms with Crippen molar-refractivity contribution in [2.45, 2.75) is 24.7 Å². The molecule has 8 heteroatoms. The molecule has 0 aromatic rings. The Hall–Kier alpha value is -0.0662. The zero-order chi connectivity index (χ0) is 15.9. The van der Waals surface area contributed by atoms with E-state index in [0.29, 0.717) is 19.8 Å². The van der Waals surface area contributed by atoms with Crippen molar-refractivity contribution in [1.82, 2.24) is 4.90 Å². The molecule has 0 N–H and O–H groups in total. The van der Waals surface area contributed by atoms with Crippen molar-refractivity contribution in [3.05, 3.63) is 12.7 Å². The highest BCUT2D eigenvalue weighted by Gasteiger charge is 2.48. The van der Waals surface area contributed by atoms with Crippen LogP contribution >= 0.6 is 0 Å². The van der Waals surface area contributed by atoms with Crippen LogP contribution in [-0.4, -0.2) is 81.9 Å². The number of hydrogen-bond acceptors (Lipinski definition) is 6. The second-order valence-corrected chi connectivity index (χ2v) is 10.1. The molecule has 0 aromatic carbocycles. The molecule has 1 rings (SSSR count). The first kappa shape index (κ1) is 19.0. The lowest BCUT2D eigenvalue weighted by atomic mass is 10.3. The maximum atomic E-state index is 6.15. The highest BCUT2D eigenvalue weighted by Crippen LogP contribution is 2.26. The lowest BCUT2D eigenvalue weighted by molar-refractivity contribution is -0.245. The summed E-state index contributed by atoms with van der Waals surface area (Å²) < 4.78 is 28.8. The van der Waals surface area contributed by atoms with Crippen molar-refractivity contribution in [2.75, 3.05) is 47.3 Å². The number of methoxy groups -OCH3 is 2. The van der Waals surface area contributed by atoms with E-state index in [9.17, 15) is 0 Å². The molecule has 0 aliphatic carbocycles. The predicted octanol–water partition coefficient (Wildman–Crippen LogP) is 0.268. The minimum absolute atomic E-state index is 0.0412. The fourth-order valence-corrected chi connectivity index (χ4v) is 6.38. The molecule has 0 spiro atoms. The van der Waals surface area contributed by atoms with E-state index < -0.39 is 23.6 Å². The summed E-state index contributed by atoms with van der Waals surface area (Å²) in [5.74, 6) is 0. The third-order valence-electron chi connectivity index (χ3n) is 3.86. The van der Waals surface area contributed by atoms with E-state index >= 15 is 0 Å². The molecular weight excluding hydrogens is 306 g/mol. The highest BCUT2D eigenvalue weighted by molar-refractivity contribution is 6.66. The van der Waals surface area contributed by atoms with E-state index in [4.69, 9.17) is 23.1 Å². The Labute approximate surface area is 131 Å². The number of rotatable bonds is 9. The van der Waals surface area contributed by atoms with Crippen molar-refractivity contribution in [3.8, 4) is 0 Å². The van der Waals surface area contributed by atoms with E-state index in [1.54, 1.807) is 27.4 Å². The summed E-state index contributed by atoms with van der Waals surface area (Å²) in [4.78, 5) is 2.22. The summed E-state index contributed by atoms with van der Waals surface area (Å²) >= 11 is 0. The van der Waals surface area contributed by atoms with Crippen molar-refractivity contribution >= 4 is 18.1 Å². The maximum absolute atomic E-state index is 6.15. The molecule has 1 fully saturated rings. The fourth-order valence-electron chi connectivity index (χ4n) is 2.68. The molecule has 124 valence electrons. The third-order valence-corrected chi connectivity index (χ3v) is 8.43. The van der Waals surface area contributed by atoms with Crippen molar-refractivity contribution in [1.29, 1.82) is 0 Å². The summed E-state index contributed by atoms with van der Waals surface area (Å²) in [6.07, 6.45) is 2.42. The van der Waals surface area contributed by atoms with Gasteiger partial charge in [0.1, 0.15) is 9.52 Å². The molecule has 21 heavy (non-hydrogen) atoms. The van der Waals surface area contributed by atoms with Gasteiger partial charge in [0.05, 0.1) is 19.3 Å². The van der Waals surface area contributed by atoms with Gasteiger partial charge >= 0.3 is 8.56 Å². The normalized spacial score (nSPS) is 28.3. The van der Waals surface area contributed by atoms with Gasteiger partial charge in [-0.2, -0.15) is 0 Å². The van der Waals surface area contributed by atoms with Gasteiger partial charge in [0.15, 0.2) is 5.53 Å². The molecule has 0 aromatic heterocycles. The third kappa shape index (κ3) is 4.70. The van der Waals surface area contributed by atoms with Crippen LogP contribution in [0.25, 0.3) is 0 Å². The molecule has 0 bridgehead atoms. The van der Waals surface area contributed by atoms with Gasteiger partial charge in [0.2, 0.25) is 0 Å². The Morgan fingerprint density at radius 2 is 2.10 bits per heavy atom. The largest absolute Gasteiger partial charge is 0.397 e. The zero-order valence-corrected chi connectivity index (χ0v) is 16.3. The minimum Gasteiger partial charge on any atom is -0.397 e. The van der Waals surface area contributed by atoms with E-state index in [1.165, 1.54) is 0 Å². The molecule has 1 saturated heterocycles. The van der Waals surface area contributed by atoms with Gasteiger partial charge in [-0.05, 0) is 6.55 Å². The van der Waals surface area contributed by atoms with Crippen molar-refractivity contribution < 1.29 is 23.1 Å². The Bertz CT molecular complexity index is 321. The average molecular weight is 336 g/mol. The Morgan fingerprint density at radius 1 is 1.43 bits per heavy atom. The summed E-state index contributed by atoms with van der Waals surface area (Å²) in [5.41, 5.74) is -0.604. The van der Waals surface area contributed by atoms with Crippen molar-refractivity contribution in [3.63, 3.8) is 0 Å². The first-order chi connectivity index (χ1) is 9.99. The smallest absolute Gasteiger partial charge is 0.349 e. The van der Waals surface area contributed by atoms with Crippen LogP contribution in [0.1, 0.15) is 0 Å². The quantitative estimate of drug-likeness (QED) is 0.261. The first-order valence-electron chi connectivity index (χ1n) is 7.26. The van der Waals surface area contributed by atoms with Gasteiger partial charge in [0, 0.05) is 34.0 Å². The first-order valence-corrected chi connectivity index (χ1v) is 11.9. The molecular formula is C13H29NO5Si2. The van der Waals surface area contributed by atoms with E-state index in [2.05, 4.69) is 24.6 Å².